The Kier molecular flexibility index (Phi) is 4.29. The van der Waals surface area contributed by atoms with Gasteiger partial charge in [-0.15, -0.1) is 11.3 Å². The average molecular weight is 326 g/mol. The lowest BCUT2D eigenvalue weighted by molar-refractivity contribution is 0.824. The largest absolute Gasteiger partial charge is 0.412 e. The summed E-state index contributed by atoms with van der Waals surface area (Å²) in [6, 6.07) is 16.6. The van der Waals surface area contributed by atoms with E-state index in [0.717, 1.165) is 15.6 Å². The van der Waals surface area contributed by atoms with Crippen LogP contribution in [0.5, 0.6) is 0 Å². The van der Waals surface area contributed by atoms with Crippen LogP contribution in [0.1, 0.15) is 5.01 Å². The lowest BCUT2D eigenvalue weighted by Gasteiger charge is -1.95. The molecule has 5 heteroatoms. The Morgan fingerprint density at radius 2 is 1.82 bits per heavy atom. The zero-order valence-electron chi connectivity index (χ0n) is 11.6. The lowest BCUT2D eigenvalue weighted by Crippen LogP contribution is -1.86. The summed E-state index contributed by atoms with van der Waals surface area (Å²) in [5.41, 5.74) is 2.25. The van der Waals surface area contributed by atoms with Crippen molar-refractivity contribution in [2.24, 2.45) is 0 Å². The van der Waals surface area contributed by atoms with Gasteiger partial charge in [-0.3, -0.25) is 0 Å². The lowest BCUT2D eigenvalue weighted by atomic mass is 10.3. The molecule has 1 aromatic heterocycles. The summed E-state index contributed by atoms with van der Waals surface area (Å²) >= 11 is 3.47. The third-order valence-corrected chi connectivity index (χ3v) is 5.20. The van der Waals surface area contributed by atoms with Crippen molar-refractivity contribution < 1.29 is 5.48 Å². The molecular formula is C17H14N2OS2. The van der Waals surface area contributed by atoms with Crippen molar-refractivity contribution in [3.05, 3.63) is 70.7 Å². The van der Waals surface area contributed by atoms with Crippen LogP contribution in [-0.2, 0) is 0 Å². The number of anilines is 1. The van der Waals surface area contributed by atoms with Crippen molar-refractivity contribution in [1.82, 2.24) is 4.98 Å². The monoisotopic (exact) mass is 326 g/mol. The number of para-hydroxylation sites is 2. The van der Waals surface area contributed by atoms with Gasteiger partial charge in [0, 0.05) is 4.90 Å². The van der Waals surface area contributed by atoms with Crippen molar-refractivity contribution in [1.29, 1.82) is 0 Å². The SMILES string of the molecule is C(=Cc1nc2ccccc2s1)C=C1Nc2ccccc2S1.O. The van der Waals surface area contributed by atoms with Crippen LogP contribution in [0.4, 0.5) is 5.69 Å². The highest BCUT2D eigenvalue weighted by Gasteiger charge is 2.13. The van der Waals surface area contributed by atoms with E-state index in [4.69, 9.17) is 0 Å². The first-order valence-electron chi connectivity index (χ1n) is 6.66. The maximum atomic E-state index is 4.59. The summed E-state index contributed by atoms with van der Waals surface area (Å²) in [5, 5.41) is 5.59. The molecule has 0 fully saturated rings. The van der Waals surface area contributed by atoms with Crippen molar-refractivity contribution in [2.45, 2.75) is 4.90 Å². The molecular weight excluding hydrogens is 312 g/mol. The number of aromatic nitrogens is 1. The molecule has 0 saturated carbocycles. The van der Waals surface area contributed by atoms with Gasteiger partial charge in [0.2, 0.25) is 0 Å². The van der Waals surface area contributed by atoms with Crippen molar-refractivity contribution in [3.63, 3.8) is 0 Å². The molecule has 3 nitrogen and oxygen atoms in total. The van der Waals surface area contributed by atoms with Crippen LogP contribution in [0, 0.1) is 0 Å². The van der Waals surface area contributed by atoms with Crippen molar-refractivity contribution in [2.75, 3.05) is 5.32 Å². The van der Waals surface area contributed by atoms with Gasteiger partial charge in [-0.2, -0.15) is 0 Å². The molecule has 1 aliphatic rings. The summed E-state index contributed by atoms with van der Waals surface area (Å²) in [6.07, 6.45) is 6.21. The Bertz CT molecular complexity index is 808. The fourth-order valence-electron chi connectivity index (χ4n) is 2.19. The van der Waals surface area contributed by atoms with E-state index in [-0.39, 0.29) is 5.48 Å². The number of thiazole rings is 1. The molecule has 4 rings (SSSR count). The van der Waals surface area contributed by atoms with Gasteiger partial charge in [0.05, 0.1) is 20.9 Å². The number of benzene rings is 2. The minimum Gasteiger partial charge on any atom is -0.412 e. The van der Waals surface area contributed by atoms with Crippen LogP contribution in [0.3, 0.4) is 0 Å². The van der Waals surface area contributed by atoms with Gasteiger partial charge in [0.1, 0.15) is 5.01 Å². The van der Waals surface area contributed by atoms with Crippen molar-refractivity contribution in [3.8, 4) is 0 Å². The second kappa shape index (κ2) is 6.36. The van der Waals surface area contributed by atoms with Gasteiger partial charge in [-0.1, -0.05) is 42.1 Å². The van der Waals surface area contributed by atoms with Crippen molar-refractivity contribution >= 4 is 45.1 Å². The summed E-state index contributed by atoms with van der Waals surface area (Å²) < 4.78 is 1.23. The first kappa shape index (κ1) is 14.8. The normalized spacial score (nSPS) is 15.0. The third-order valence-electron chi connectivity index (χ3n) is 3.16. The molecule has 2 aromatic carbocycles. The molecule has 3 aromatic rings. The quantitative estimate of drug-likeness (QED) is 0.752. The number of allylic oxidation sites excluding steroid dienone is 2. The van der Waals surface area contributed by atoms with Crippen LogP contribution < -0.4 is 5.32 Å². The molecule has 0 amide bonds. The fraction of sp³-hybridized carbons (Fsp3) is 0. The van der Waals surface area contributed by atoms with Crippen LogP contribution in [0.2, 0.25) is 0 Å². The van der Waals surface area contributed by atoms with E-state index in [2.05, 4.69) is 52.8 Å². The van der Waals surface area contributed by atoms with E-state index < -0.39 is 0 Å². The van der Waals surface area contributed by atoms with Crippen LogP contribution >= 0.6 is 23.1 Å². The summed E-state index contributed by atoms with van der Waals surface area (Å²) in [4.78, 5) is 5.87. The molecule has 0 unspecified atom stereocenters. The highest BCUT2D eigenvalue weighted by molar-refractivity contribution is 8.03. The van der Waals surface area contributed by atoms with Gasteiger partial charge < -0.3 is 10.8 Å². The molecule has 110 valence electrons. The van der Waals surface area contributed by atoms with Gasteiger partial charge in [0.25, 0.3) is 0 Å². The standard InChI is InChI=1S/C17H12N2S2.H2O/c1-3-8-14-12(6-1)18-16(20-14)10-5-11-17-19-13-7-2-4-9-15(13)21-17;/h1-11,18H;1H2. The summed E-state index contributed by atoms with van der Waals surface area (Å²) in [6.45, 7) is 0. The van der Waals surface area contributed by atoms with Gasteiger partial charge in [-0.25, -0.2) is 4.98 Å². The average Bonchev–Trinajstić information content (AvgIpc) is 3.09. The second-order valence-electron chi connectivity index (χ2n) is 4.63. The van der Waals surface area contributed by atoms with Gasteiger partial charge in [-0.05, 0) is 36.4 Å². The molecule has 0 saturated heterocycles. The van der Waals surface area contributed by atoms with Gasteiger partial charge in [0.15, 0.2) is 0 Å². The smallest absolute Gasteiger partial charge is 0.117 e. The zero-order valence-corrected chi connectivity index (χ0v) is 13.2. The number of hydrogen-bond donors (Lipinski definition) is 1. The molecule has 0 bridgehead atoms. The maximum absolute atomic E-state index is 4.59. The minimum absolute atomic E-state index is 0. The molecule has 22 heavy (non-hydrogen) atoms. The van der Waals surface area contributed by atoms with E-state index in [0.29, 0.717) is 0 Å². The zero-order chi connectivity index (χ0) is 14.1. The Labute approximate surface area is 136 Å². The van der Waals surface area contributed by atoms with E-state index in [1.807, 2.05) is 24.3 Å². The summed E-state index contributed by atoms with van der Waals surface area (Å²) in [7, 11) is 0. The van der Waals surface area contributed by atoms with Crippen LogP contribution in [-0.4, -0.2) is 10.5 Å². The molecule has 0 radical (unpaired) electrons. The van der Waals surface area contributed by atoms with E-state index in [1.54, 1.807) is 23.1 Å². The molecule has 0 spiro atoms. The minimum atomic E-state index is 0. The van der Waals surface area contributed by atoms with Crippen LogP contribution in [0.15, 0.2) is 70.6 Å². The molecule has 0 aliphatic carbocycles. The Morgan fingerprint density at radius 3 is 2.68 bits per heavy atom. The summed E-state index contributed by atoms with van der Waals surface area (Å²) in [5.74, 6) is 0. The number of fused-ring (bicyclic) bond motifs is 2. The number of nitrogens with zero attached hydrogens (tertiary/aromatic N) is 1. The third kappa shape index (κ3) is 2.92. The van der Waals surface area contributed by atoms with E-state index >= 15 is 0 Å². The Hall–Kier alpha value is -2.08. The number of rotatable bonds is 2. The first-order valence-corrected chi connectivity index (χ1v) is 8.30. The van der Waals surface area contributed by atoms with E-state index in [1.165, 1.54) is 15.3 Å². The van der Waals surface area contributed by atoms with Crippen LogP contribution in [0.25, 0.3) is 16.3 Å². The highest BCUT2D eigenvalue weighted by Crippen LogP contribution is 2.40. The number of thioether (sulfide) groups is 1. The van der Waals surface area contributed by atoms with Gasteiger partial charge >= 0.3 is 0 Å². The molecule has 3 N–H and O–H groups in total. The number of nitrogens with one attached hydrogen (secondary N) is 1. The maximum Gasteiger partial charge on any atom is 0.117 e. The molecule has 1 aliphatic heterocycles. The predicted octanol–water partition coefficient (Wildman–Crippen LogP) is 4.54. The highest BCUT2D eigenvalue weighted by atomic mass is 32.2. The number of hydrogen-bond acceptors (Lipinski definition) is 4. The molecule has 0 atom stereocenters. The first-order chi connectivity index (χ1) is 10.4. The Balaban J connectivity index is 0.00000144. The second-order valence-corrected chi connectivity index (χ2v) is 6.78. The predicted molar refractivity (Wildman–Crippen MR) is 96.3 cm³/mol. The topological polar surface area (TPSA) is 56.4 Å². The fourth-order valence-corrected chi connectivity index (χ4v) is 3.99. The van der Waals surface area contributed by atoms with E-state index in [9.17, 15) is 0 Å². The molecule has 2 heterocycles. The Morgan fingerprint density at radius 1 is 1.00 bits per heavy atom.